The van der Waals surface area contributed by atoms with Gasteiger partial charge in [-0.25, -0.2) is 0 Å². The van der Waals surface area contributed by atoms with Gasteiger partial charge < -0.3 is 0 Å². The van der Waals surface area contributed by atoms with Crippen LogP contribution in [-0.4, -0.2) is 121 Å². The third-order valence-corrected chi connectivity index (χ3v) is 0. The molecule has 0 spiro atoms. The molecule has 0 aromatic carbocycles. The van der Waals surface area contributed by atoms with E-state index in [0.29, 0.717) is 0 Å². The standard InChI is InChI=1S/2Al.K.2H2O4S.7H/c;;;2*1-5(2,3)4;;;;;;;/h;;;2*(H2,1,2,3,4);;;;;;;. The Hall–Kier alpha value is 2.44. The third-order valence-electron chi connectivity index (χ3n) is 0. The zero-order valence-corrected chi connectivity index (χ0v) is 5.87. The molecule has 8 nitrogen and oxygen atoms in total. The second-order valence-electron chi connectivity index (χ2n) is 0.896. The molecule has 0 aliphatic carbocycles. The Labute approximate surface area is 139 Å². The van der Waals surface area contributed by atoms with Gasteiger partial charge in [-0.1, -0.05) is 0 Å². The van der Waals surface area contributed by atoms with Crippen LogP contribution < -0.4 is 0 Å². The fourth-order valence-electron chi connectivity index (χ4n) is 0. The first-order valence-corrected chi connectivity index (χ1v) is 4.19. The molecular formula is H11Al2KO8S2. The molecule has 78 valence electrons. The Bertz CT molecular complexity index is 217. The predicted octanol–water partition coefficient (Wildman–Crippen LogP) is -4.32. The molecule has 0 unspecified atom stereocenters. The molecule has 0 aromatic rings. The van der Waals surface area contributed by atoms with Gasteiger partial charge in [-0.2, -0.15) is 16.8 Å². The molecule has 0 aliphatic rings. The van der Waals surface area contributed by atoms with Crippen LogP contribution in [0.1, 0.15) is 0 Å². The maximum atomic E-state index is 8.74. The first kappa shape index (κ1) is 29.5. The number of rotatable bonds is 0. The molecule has 0 bridgehead atoms. The van der Waals surface area contributed by atoms with Gasteiger partial charge in [0.2, 0.25) is 0 Å². The van der Waals surface area contributed by atoms with Gasteiger partial charge in [0.1, 0.15) is 0 Å². The summed E-state index contributed by atoms with van der Waals surface area (Å²) in [5.41, 5.74) is 0. The Balaban J connectivity index is -0.0000000267. The molecule has 0 saturated heterocycles. The van der Waals surface area contributed by atoms with Crippen molar-refractivity contribution in [3.63, 3.8) is 0 Å². The second kappa shape index (κ2) is 12.5. The monoisotopic (exact) mass is 296 g/mol. The van der Waals surface area contributed by atoms with Crippen LogP contribution in [0.3, 0.4) is 0 Å². The van der Waals surface area contributed by atoms with Crippen molar-refractivity contribution in [2.24, 2.45) is 0 Å². The van der Waals surface area contributed by atoms with Gasteiger partial charge in [0, 0.05) is 0 Å². The summed E-state index contributed by atoms with van der Waals surface area (Å²) in [6.07, 6.45) is 0. The summed E-state index contributed by atoms with van der Waals surface area (Å²) in [4.78, 5) is 0. The third kappa shape index (κ3) is 375. The molecule has 13 heavy (non-hydrogen) atoms. The summed E-state index contributed by atoms with van der Waals surface area (Å²) in [6.45, 7) is 0. The van der Waals surface area contributed by atoms with E-state index in [1.807, 2.05) is 0 Å². The Kier molecular flexibility index (Phi) is 28.4. The number of hydrogen-bond donors (Lipinski definition) is 4. The Morgan fingerprint density at radius 1 is 0.615 bits per heavy atom. The van der Waals surface area contributed by atoms with Crippen LogP contribution >= 0.6 is 0 Å². The summed E-state index contributed by atoms with van der Waals surface area (Å²) in [5.74, 6) is 0. The molecule has 0 fully saturated rings. The Morgan fingerprint density at radius 3 is 0.615 bits per heavy atom. The van der Waals surface area contributed by atoms with Gasteiger partial charge >= 0.3 is 72.2 Å². The summed E-state index contributed by atoms with van der Waals surface area (Å²) >= 11 is 0. The Morgan fingerprint density at radius 2 is 0.615 bits per heavy atom. The summed E-state index contributed by atoms with van der Waals surface area (Å²) < 4.78 is 63.2. The van der Waals surface area contributed by atoms with Crippen LogP contribution in [-0.2, 0) is 20.8 Å². The van der Waals surface area contributed by atoms with E-state index in [2.05, 4.69) is 0 Å². The van der Waals surface area contributed by atoms with E-state index < -0.39 is 20.8 Å². The van der Waals surface area contributed by atoms with Gasteiger partial charge in [0.15, 0.2) is 34.7 Å². The van der Waals surface area contributed by atoms with Crippen molar-refractivity contribution < 1.29 is 35.0 Å². The zero-order valence-electron chi connectivity index (χ0n) is 4.24. The van der Waals surface area contributed by atoms with E-state index in [4.69, 9.17) is 35.0 Å². The van der Waals surface area contributed by atoms with Gasteiger partial charge in [-0.3, -0.25) is 18.2 Å². The summed E-state index contributed by atoms with van der Waals surface area (Å²) in [5, 5.41) is 0. The van der Waals surface area contributed by atoms with Gasteiger partial charge in [0.25, 0.3) is 0 Å². The summed E-state index contributed by atoms with van der Waals surface area (Å²) in [6, 6.07) is 0. The van der Waals surface area contributed by atoms with Crippen molar-refractivity contribution in [2.45, 2.75) is 0 Å². The molecule has 0 amide bonds. The van der Waals surface area contributed by atoms with E-state index in [1.165, 1.54) is 0 Å². The fourth-order valence-corrected chi connectivity index (χ4v) is 0. The first-order valence-electron chi connectivity index (χ1n) is 1.40. The SMILES string of the molecule is O=S(=O)(O)O.O=S(=O)(O)O.[AlH3].[AlH3].[KH]. The van der Waals surface area contributed by atoms with E-state index >= 15 is 0 Å². The van der Waals surface area contributed by atoms with Crippen molar-refractivity contribution in [2.75, 3.05) is 0 Å². The van der Waals surface area contributed by atoms with E-state index in [9.17, 15) is 0 Å². The van der Waals surface area contributed by atoms with Gasteiger partial charge in [-0.05, 0) is 0 Å². The van der Waals surface area contributed by atoms with Crippen LogP contribution in [0.4, 0.5) is 0 Å². The van der Waals surface area contributed by atoms with Crippen molar-refractivity contribution in [3.05, 3.63) is 0 Å². The normalized spacial score (nSPS) is 8.92. The minimum absolute atomic E-state index is 0. The van der Waals surface area contributed by atoms with Crippen LogP contribution in [0.5, 0.6) is 0 Å². The van der Waals surface area contributed by atoms with Crippen LogP contribution in [0.2, 0.25) is 0 Å². The van der Waals surface area contributed by atoms with Gasteiger partial charge in [-0.15, -0.1) is 0 Å². The van der Waals surface area contributed by atoms with E-state index in [1.54, 1.807) is 0 Å². The molecule has 0 aromatic heterocycles. The molecular weight excluding hydrogens is 285 g/mol. The molecule has 0 atom stereocenters. The molecule has 0 saturated carbocycles. The van der Waals surface area contributed by atoms with Crippen LogP contribution in [0.15, 0.2) is 0 Å². The fraction of sp³-hybridized carbons (Fsp3) is 0. The van der Waals surface area contributed by atoms with Crippen LogP contribution in [0.25, 0.3) is 0 Å². The zero-order chi connectivity index (χ0) is 9.00. The van der Waals surface area contributed by atoms with Crippen molar-refractivity contribution in [1.29, 1.82) is 0 Å². The van der Waals surface area contributed by atoms with Gasteiger partial charge in [0.05, 0.1) is 0 Å². The first-order chi connectivity index (χ1) is 4.00. The maximum absolute atomic E-state index is 8.74. The van der Waals surface area contributed by atoms with E-state index in [-0.39, 0.29) is 86.1 Å². The predicted molar refractivity (Wildman–Crippen MR) is 55.4 cm³/mol. The quantitative estimate of drug-likeness (QED) is 0.259. The number of hydrogen-bond acceptors (Lipinski definition) is 4. The molecule has 0 rings (SSSR count). The average Bonchev–Trinajstić information content (AvgIpc) is 1.12. The summed E-state index contributed by atoms with van der Waals surface area (Å²) in [7, 11) is -9.33. The molecule has 4 N–H and O–H groups in total. The minimum atomic E-state index is -4.67. The van der Waals surface area contributed by atoms with Crippen molar-refractivity contribution in [1.82, 2.24) is 0 Å². The topological polar surface area (TPSA) is 149 Å². The molecule has 13 heteroatoms. The molecule has 0 heterocycles. The van der Waals surface area contributed by atoms with Crippen LogP contribution in [0, 0.1) is 0 Å². The molecule has 0 aliphatic heterocycles. The van der Waals surface area contributed by atoms with E-state index in [0.717, 1.165) is 0 Å². The average molecular weight is 296 g/mol. The second-order valence-corrected chi connectivity index (χ2v) is 2.69. The van der Waals surface area contributed by atoms with Crippen molar-refractivity contribution in [3.8, 4) is 0 Å². The van der Waals surface area contributed by atoms with Crippen molar-refractivity contribution >= 4 is 107 Å². The molecule has 0 radical (unpaired) electrons.